The molecule has 2 aliphatic rings. The lowest BCUT2D eigenvalue weighted by molar-refractivity contribution is -0.385. The number of amidine groups is 1. The smallest absolute Gasteiger partial charge is 0.311 e. The van der Waals surface area contributed by atoms with Gasteiger partial charge in [0.25, 0.3) is 0 Å². The molecule has 134 valence electrons. The number of hydrogen-bond acceptors (Lipinski definition) is 7. The van der Waals surface area contributed by atoms with E-state index in [1.54, 1.807) is 30.1 Å². The minimum atomic E-state index is -0.407. The van der Waals surface area contributed by atoms with Crippen LogP contribution in [0.5, 0.6) is 5.75 Å². The first-order valence-electron chi connectivity index (χ1n) is 8.33. The van der Waals surface area contributed by atoms with E-state index >= 15 is 0 Å². The quantitative estimate of drug-likeness (QED) is 0.604. The highest BCUT2D eigenvalue weighted by Crippen LogP contribution is 2.48. The molecule has 4 rings (SSSR count). The standard InChI is InChI=1S/C18H18N4O3S/c1-11-10-21-17(12-6-7-15(25-2)14(9-12)22(23)24)16(20-18(21)26-11)13-5-3-4-8-19-13/h3-9,11,16-17H,10H2,1-2H3/t11-,16+,17-/m1/s1. The molecule has 0 amide bonds. The highest BCUT2D eigenvalue weighted by molar-refractivity contribution is 8.14. The van der Waals surface area contributed by atoms with Crippen molar-refractivity contribution >= 4 is 22.6 Å². The predicted octanol–water partition coefficient (Wildman–Crippen LogP) is 3.59. The van der Waals surface area contributed by atoms with E-state index in [2.05, 4.69) is 16.8 Å². The molecule has 26 heavy (non-hydrogen) atoms. The van der Waals surface area contributed by atoms with E-state index in [-0.39, 0.29) is 23.5 Å². The molecular weight excluding hydrogens is 352 g/mol. The molecule has 3 heterocycles. The van der Waals surface area contributed by atoms with E-state index < -0.39 is 4.92 Å². The Kier molecular flexibility index (Phi) is 4.28. The largest absolute Gasteiger partial charge is 0.490 e. The van der Waals surface area contributed by atoms with Crippen molar-refractivity contribution in [1.29, 1.82) is 0 Å². The van der Waals surface area contributed by atoms with Crippen LogP contribution in [-0.4, -0.2) is 38.9 Å². The zero-order valence-corrected chi connectivity index (χ0v) is 15.2. The summed E-state index contributed by atoms with van der Waals surface area (Å²) in [5, 5.41) is 12.9. The van der Waals surface area contributed by atoms with Gasteiger partial charge in [-0.25, -0.2) is 0 Å². The van der Waals surface area contributed by atoms with E-state index in [1.807, 2.05) is 24.3 Å². The molecule has 3 atom stereocenters. The van der Waals surface area contributed by atoms with Crippen LogP contribution in [0.1, 0.15) is 30.3 Å². The van der Waals surface area contributed by atoms with Gasteiger partial charge in [-0.3, -0.25) is 20.1 Å². The molecule has 0 saturated carbocycles. The van der Waals surface area contributed by atoms with Crippen LogP contribution < -0.4 is 4.74 Å². The van der Waals surface area contributed by atoms with E-state index in [4.69, 9.17) is 9.73 Å². The highest BCUT2D eigenvalue weighted by Gasteiger charge is 2.44. The average Bonchev–Trinajstić information content (AvgIpc) is 3.17. The lowest BCUT2D eigenvalue weighted by atomic mass is 9.96. The van der Waals surface area contributed by atoms with Crippen LogP contribution in [0.15, 0.2) is 47.6 Å². The van der Waals surface area contributed by atoms with Crippen molar-refractivity contribution in [3.63, 3.8) is 0 Å². The molecule has 1 saturated heterocycles. The molecule has 0 bridgehead atoms. The van der Waals surface area contributed by atoms with Crippen molar-refractivity contribution in [2.75, 3.05) is 13.7 Å². The summed E-state index contributed by atoms with van der Waals surface area (Å²) in [6.07, 6.45) is 1.75. The van der Waals surface area contributed by atoms with Crippen molar-refractivity contribution in [3.05, 3.63) is 64.0 Å². The number of thioether (sulfide) groups is 1. The fourth-order valence-corrected chi connectivity index (χ4v) is 4.60. The van der Waals surface area contributed by atoms with Crippen molar-refractivity contribution in [1.82, 2.24) is 9.88 Å². The average molecular weight is 370 g/mol. The summed E-state index contributed by atoms with van der Waals surface area (Å²) >= 11 is 1.74. The SMILES string of the molecule is COc1ccc([C@@H]2[C@H](c3ccccn3)N=C3S[C@H](C)CN32)cc1[N+](=O)[O-]. The zero-order chi connectivity index (χ0) is 18.3. The minimum Gasteiger partial charge on any atom is -0.490 e. The van der Waals surface area contributed by atoms with Crippen LogP contribution in [0.2, 0.25) is 0 Å². The molecular formula is C18H18N4O3S. The molecule has 1 aromatic carbocycles. The molecule has 0 radical (unpaired) electrons. The summed E-state index contributed by atoms with van der Waals surface area (Å²) in [4.78, 5) is 22.6. The first-order chi connectivity index (χ1) is 12.6. The van der Waals surface area contributed by atoms with Gasteiger partial charge in [0.2, 0.25) is 0 Å². The first-order valence-corrected chi connectivity index (χ1v) is 9.21. The third-order valence-electron chi connectivity index (χ3n) is 4.62. The molecule has 0 spiro atoms. The number of hydrogen-bond donors (Lipinski definition) is 0. The molecule has 1 fully saturated rings. The van der Waals surface area contributed by atoms with Crippen molar-refractivity contribution in [3.8, 4) is 5.75 Å². The van der Waals surface area contributed by atoms with Crippen LogP contribution in [0.3, 0.4) is 0 Å². The monoisotopic (exact) mass is 370 g/mol. The summed E-state index contributed by atoms with van der Waals surface area (Å²) in [6.45, 7) is 3.02. The second-order valence-corrected chi connectivity index (χ2v) is 7.73. The van der Waals surface area contributed by atoms with E-state index in [9.17, 15) is 10.1 Å². The highest BCUT2D eigenvalue weighted by atomic mass is 32.2. The van der Waals surface area contributed by atoms with Gasteiger partial charge < -0.3 is 9.64 Å². The van der Waals surface area contributed by atoms with Gasteiger partial charge in [0.05, 0.1) is 23.8 Å². The molecule has 0 N–H and O–H groups in total. The maximum absolute atomic E-state index is 11.4. The van der Waals surface area contributed by atoms with Gasteiger partial charge >= 0.3 is 5.69 Å². The van der Waals surface area contributed by atoms with E-state index in [0.29, 0.717) is 5.25 Å². The molecule has 0 unspecified atom stereocenters. The van der Waals surface area contributed by atoms with Crippen molar-refractivity contribution < 1.29 is 9.66 Å². The third kappa shape index (κ3) is 2.80. The number of ether oxygens (including phenoxy) is 1. The maximum Gasteiger partial charge on any atom is 0.311 e. The number of nitro benzene ring substituents is 1. The van der Waals surface area contributed by atoms with E-state index in [1.165, 1.54) is 7.11 Å². The zero-order valence-electron chi connectivity index (χ0n) is 14.4. The third-order valence-corrected chi connectivity index (χ3v) is 5.72. The van der Waals surface area contributed by atoms with Gasteiger partial charge in [0.15, 0.2) is 10.9 Å². The second kappa shape index (κ2) is 6.60. The number of pyridine rings is 1. The summed E-state index contributed by atoms with van der Waals surface area (Å²) in [6, 6.07) is 10.6. The Morgan fingerprint density at radius 2 is 2.19 bits per heavy atom. The van der Waals surface area contributed by atoms with E-state index in [0.717, 1.165) is 23.0 Å². The van der Waals surface area contributed by atoms with Gasteiger partial charge in [-0.2, -0.15) is 0 Å². The molecule has 1 aromatic heterocycles. The van der Waals surface area contributed by atoms with Crippen LogP contribution in [0.4, 0.5) is 5.69 Å². The van der Waals surface area contributed by atoms with Crippen molar-refractivity contribution in [2.45, 2.75) is 24.3 Å². The van der Waals surface area contributed by atoms with Gasteiger partial charge in [-0.1, -0.05) is 30.8 Å². The van der Waals surface area contributed by atoms with Crippen LogP contribution in [-0.2, 0) is 0 Å². The Bertz CT molecular complexity index is 874. The Morgan fingerprint density at radius 1 is 1.35 bits per heavy atom. The van der Waals surface area contributed by atoms with Crippen LogP contribution in [0, 0.1) is 10.1 Å². The normalized spacial score (nSPS) is 24.3. The summed E-state index contributed by atoms with van der Waals surface area (Å²) in [5.74, 6) is 0.261. The molecule has 2 aliphatic heterocycles. The molecule has 8 heteroatoms. The maximum atomic E-state index is 11.4. The molecule has 2 aromatic rings. The fraction of sp³-hybridized carbons (Fsp3) is 0.333. The number of methoxy groups -OCH3 is 1. The number of benzene rings is 1. The summed E-state index contributed by atoms with van der Waals surface area (Å²) in [5.41, 5.74) is 1.69. The number of rotatable bonds is 4. The predicted molar refractivity (Wildman–Crippen MR) is 101 cm³/mol. The number of nitro groups is 1. The van der Waals surface area contributed by atoms with Crippen LogP contribution in [0.25, 0.3) is 0 Å². The summed E-state index contributed by atoms with van der Waals surface area (Å²) in [7, 11) is 1.44. The van der Waals surface area contributed by atoms with Gasteiger partial charge in [0, 0.05) is 24.1 Å². The number of fused-ring (bicyclic) bond motifs is 1. The lowest BCUT2D eigenvalue weighted by Crippen LogP contribution is -2.28. The topological polar surface area (TPSA) is 80.9 Å². The molecule has 7 nitrogen and oxygen atoms in total. The Labute approximate surface area is 155 Å². The van der Waals surface area contributed by atoms with Gasteiger partial charge in [-0.05, 0) is 23.8 Å². The van der Waals surface area contributed by atoms with Gasteiger partial charge in [-0.15, -0.1) is 0 Å². The second-order valence-electron chi connectivity index (χ2n) is 6.33. The lowest BCUT2D eigenvalue weighted by Gasteiger charge is -2.27. The fourth-order valence-electron chi connectivity index (χ4n) is 3.51. The Morgan fingerprint density at radius 3 is 2.88 bits per heavy atom. The van der Waals surface area contributed by atoms with Gasteiger partial charge in [0.1, 0.15) is 6.04 Å². The van der Waals surface area contributed by atoms with Crippen molar-refractivity contribution in [2.24, 2.45) is 4.99 Å². The Hall–Kier alpha value is -2.61. The minimum absolute atomic E-state index is 0.0295. The molecule has 0 aliphatic carbocycles. The number of nitrogens with zero attached hydrogens (tertiary/aromatic N) is 4. The summed E-state index contributed by atoms with van der Waals surface area (Å²) < 4.78 is 5.14. The number of aliphatic imine (C=N–C) groups is 1. The number of aromatic nitrogens is 1. The first kappa shape index (κ1) is 16.8. The Balaban J connectivity index is 1.80. The van der Waals surface area contributed by atoms with Crippen LogP contribution >= 0.6 is 11.8 Å².